The van der Waals surface area contributed by atoms with Crippen molar-refractivity contribution in [2.75, 3.05) is 0 Å². The fourth-order valence-corrected chi connectivity index (χ4v) is 6.38. The molecule has 11 heteroatoms. The molecule has 0 saturated heterocycles. The first kappa shape index (κ1) is 25.0. The normalized spacial score (nSPS) is 25.1. The van der Waals surface area contributed by atoms with Crippen molar-refractivity contribution in [3.8, 4) is 0 Å². The topological polar surface area (TPSA) is 102 Å². The number of amidine groups is 1. The molecule has 2 aromatic rings. The van der Waals surface area contributed by atoms with Crippen molar-refractivity contribution < 1.29 is 36.6 Å². The zero-order valence-electron chi connectivity index (χ0n) is 18.0. The number of carboxylic acid groups (broad SMARTS) is 1. The second kappa shape index (κ2) is 8.30. The number of hydrogen-bond acceptors (Lipinski definition) is 4. The number of amides is 1. The molecule has 1 heterocycles. The van der Waals surface area contributed by atoms with Crippen LogP contribution in [-0.2, 0) is 18.1 Å². The van der Waals surface area contributed by atoms with Crippen molar-refractivity contribution in [3.63, 3.8) is 0 Å². The van der Waals surface area contributed by atoms with Crippen LogP contribution in [0, 0.1) is 5.82 Å². The van der Waals surface area contributed by atoms with Crippen molar-refractivity contribution in [2.45, 2.75) is 48.9 Å². The lowest BCUT2D eigenvalue weighted by Gasteiger charge is -2.59. The zero-order valence-corrected chi connectivity index (χ0v) is 18.8. The van der Waals surface area contributed by atoms with Gasteiger partial charge in [0.25, 0.3) is 0 Å². The molecule has 2 atom stereocenters. The van der Waals surface area contributed by atoms with Crippen molar-refractivity contribution in [1.82, 2.24) is 5.32 Å². The Labute approximate surface area is 189 Å². The highest BCUT2D eigenvalue weighted by molar-refractivity contribution is 8.26. The molecule has 180 valence electrons. The van der Waals surface area contributed by atoms with Gasteiger partial charge in [0.2, 0.25) is 0 Å². The van der Waals surface area contributed by atoms with Crippen LogP contribution in [0.5, 0.6) is 0 Å². The van der Waals surface area contributed by atoms with Crippen LogP contribution < -0.4 is 5.32 Å². The van der Waals surface area contributed by atoms with Gasteiger partial charge in [-0.2, -0.15) is 23.8 Å². The first-order chi connectivity index (χ1) is 15.1. The van der Waals surface area contributed by atoms with Crippen molar-refractivity contribution in [3.05, 3.63) is 71.0 Å². The van der Waals surface area contributed by atoms with Gasteiger partial charge in [-0.05, 0) is 44.9 Å². The molecule has 6 nitrogen and oxygen atoms in total. The average Bonchev–Trinajstić information content (AvgIpc) is 2.70. The molecule has 2 aromatic carbocycles. The number of aliphatic imine (C=N–C) groups is 1. The van der Waals surface area contributed by atoms with Gasteiger partial charge in [0.1, 0.15) is 21.9 Å². The summed E-state index contributed by atoms with van der Waals surface area (Å²) >= 11 is 0. The van der Waals surface area contributed by atoms with Gasteiger partial charge in [-0.15, -0.1) is 0 Å². The van der Waals surface area contributed by atoms with Gasteiger partial charge in [-0.1, -0.05) is 36.4 Å². The van der Waals surface area contributed by atoms with E-state index in [9.17, 15) is 36.6 Å². The molecule has 0 radical (unpaired) electrons. The highest BCUT2D eigenvalue weighted by atomic mass is 32.3. The average molecular weight is 489 g/mol. The van der Waals surface area contributed by atoms with Crippen molar-refractivity contribution >= 4 is 22.5 Å². The SMILES string of the molecule is CC1(c2ccccc2F)N=C(NC(=O)O)C(C)(C)S(O)(O)C1Cc1cccc(C(F)(F)F)c1. The molecule has 0 aromatic heterocycles. The second-order valence-electron chi connectivity index (χ2n) is 8.51. The minimum absolute atomic E-state index is 0.0397. The standard InChI is InChI=1S/C22H24F4N2O4S/c1-20(2)18(27-19(29)30)28-21(3,15-9-4-5-10-16(15)23)17(33(20,31)32)12-13-7-6-8-14(11-13)22(24,25)26/h4-11,17,31-32H,12H2,1-3H3,(H,27,28)(H,29,30). The van der Waals surface area contributed by atoms with Crippen LogP contribution in [0.2, 0.25) is 0 Å². The Morgan fingerprint density at radius 1 is 1.12 bits per heavy atom. The highest BCUT2D eigenvalue weighted by Gasteiger charge is 2.57. The Hall–Kier alpha value is -2.63. The lowest BCUT2D eigenvalue weighted by atomic mass is 9.84. The van der Waals surface area contributed by atoms with E-state index in [0.717, 1.165) is 18.2 Å². The molecule has 0 aliphatic carbocycles. The van der Waals surface area contributed by atoms with Crippen LogP contribution in [0.4, 0.5) is 22.4 Å². The Morgan fingerprint density at radius 3 is 2.33 bits per heavy atom. The maximum Gasteiger partial charge on any atom is 0.416 e. The fourth-order valence-electron chi connectivity index (χ4n) is 4.05. The van der Waals surface area contributed by atoms with E-state index in [4.69, 9.17) is 0 Å². The number of carbonyl (C=O) groups is 1. The molecule has 1 amide bonds. The van der Waals surface area contributed by atoms with Crippen LogP contribution in [0.25, 0.3) is 0 Å². The maximum atomic E-state index is 14.9. The summed E-state index contributed by atoms with van der Waals surface area (Å²) in [5.74, 6) is -0.997. The molecule has 33 heavy (non-hydrogen) atoms. The van der Waals surface area contributed by atoms with E-state index in [2.05, 4.69) is 10.3 Å². The number of rotatable bonds is 3. The summed E-state index contributed by atoms with van der Waals surface area (Å²) < 4.78 is 75.8. The summed E-state index contributed by atoms with van der Waals surface area (Å²) in [7, 11) is -3.82. The van der Waals surface area contributed by atoms with E-state index in [1.165, 1.54) is 51.1 Å². The Bertz CT molecular complexity index is 1100. The van der Waals surface area contributed by atoms with Gasteiger partial charge >= 0.3 is 12.3 Å². The Balaban J connectivity index is 2.24. The number of nitrogens with zero attached hydrogens (tertiary/aromatic N) is 1. The largest absolute Gasteiger partial charge is 0.465 e. The van der Waals surface area contributed by atoms with Crippen LogP contribution in [0.1, 0.15) is 37.5 Å². The molecule has 0 saturated carbocycles. The van der Waals surface area contributed by atoms with Crippen LogP contribution in [-0.4, -0.2) is 36.1 Å². The molecule has 1 aliphatic heterocycles. The number of halogens is 4. The molecular formula is C22H24F4N2O4S. The van der Waals surface area contributed by atoms with Gasteiger partial charge in [0.05, 0.1) is 10.8 Å². The second-order valence-corrected chi connectivity index (χ2v) is 11.3. The lowest BCUT2D eigenvalue weighted by Crippen LogP contribution is -2.59. The third-order valence-electron chi connectivity index (χ3n) is 6.01. The monoisotopic (exact) mass is 488 g/mol. The third-order valence-corrected chi connectivity index (χ3v) is 9.12. The Kier molecular flexibility index (Phi) is 6.29. The van der Waals surface area contributed by atoms with E-state index in [0.29, 0.717) is 0 Å². The Morgan fingerprint density at radius 2 is 1.76 bits per heavy atom. The molecular weight excluding hydrogens is 464 g/mol. The minimum atomic E-state index is -4.60. The summed E-state index contributed by atoms with van der Waals surface area (Å²) in [6.45, 7) is 4.16. The first-order valence-electron chi connectivity index (χ1n) is 9.89. The fraction of sp³-hybridized carbons (Fsp3) is 0.364. The van der Waals surface area contributed by atoms with Gasteiger partial charge in [0, 0.05) is 5.56 Å². The lowest BCUT2D eigenvalue weighted by molar-refractivity contribution is -0.137. The van der Waals surface area contributed by atoms with Crippen LogP contribution >= 0.6 is 10.6 Å². The van der Waals surface area contributed by atoms with E-state index in [1.54, 1.807) is 0 Å². The highest BCUT2D eigenvalue weighted by Crippen LogP contribution is 2.65. The summed E-state index contributed by atoms with van der Waals surface area (Å²) in [6.07, 6.45) is -6.37. The first-order valence-corrected chi connectivity index (χ1v) is 11.5. The maximum absolute atomic E-state index is 14.9. The number of benzene rings is 2. The third kappa shape index (κ3) is 4.44. The smallest absolute Gasteiger partial charge is 0.416 e. The van der Waals surface area contributed by atoms with Crippen LogP contribution in [0.15, 0.2) is 53.5 Å². The summed E-state index contributed by atoms with van der Waals surface area (Å²) in [5.41, 5.74) is -2.50. The number of hydrogen-bond donors (Lipinski definition) is 4. The summed E-state index contributed by atoms with van der Waals surface area (Å²) in [5, 5.41) is 10.1. The predicted octanol–water partition coefficient (Wildman–Crippen LogP) is 5.88. The quantitative estimate of drug-likeness (QED) is 0.405. The van der Waals surface area contributed by atoms with Gasteiger partial charge in [-0.25, -0.2) is 9.18 Å². The number of alkyl halides is 3. The molecule has 2 unspecified atom stereocenters. The molecule has 3 rings (SSSR count). The van der Waals surface area contributed by atoms with Gasteiger partial charge in [-0.3, -0.25) is 19.4 Å². The summed E-state index contributed by atoms with van der Waals surface area (Å²) in [6, 6.07) is 9.88. The molecule has 4 N–H and O–H groups in total. The molecule has 0 bridgehead atoms. The molecule has 0 fully saturated rings. The van der Waals surface area contributed by atoms with Crippen molar-refractivity contribution in [1.29, 1.82) is 0 Å². The van der Waals surface area contributed by atoms with E-state index in [1.807, 2.05) is 0 Å². The van der Waals surface area contributed by atoms with E-state index < -0.39 is 49.8 Å². The van der Waals surface area contributed by atoms with E-state index in [-0.39, 0.29) is 23.4 Å². The number of nitrogens with one attached hydrogen (secondary N) is 1. The van der Waals surface area contributed by atoms with Crippen molar-refractivity contribution in [2.24, 2.45) is 4.99 Å². The summed E-state index contributed by atoms with van der Waals surface area (Å²) in [4.78, 5) is 15.8. The van der Waals surface area contributed by atoms with Gasteiger partial charge in [0.15, 0.2) is 0 Å². The molecule has 0 spiro atoms. The van der Waals surface area contributed by atoms with Crippen LogP contribution in [0.3, 0.4) is 0 Å². The van der Waals surface area contributed by atoms with E-state index >= 15 is 0 Å². The zero-order chi connectivity index (χ0) is 24.8. The predicted molar refractivity (Wildman–Crippen MR) is 118 cm³/mol. The minimum Gasteiger partial charge on any atom is -0.465 e. The molecule has 1 aliphatic rings. The van der Waals surface area contributed by atoms with Gasteiger partial charge < -0.3 is 5.11 Å².